The minimum atomic E-state index is -0.480. The van der Waals surface area contributed by atoms with E-state index in [0.29, 0.717) is 48.9 Å². The van der Waals surface area contributed by atoms with Gasteiger partial charge in [0.1, 0.15) is 5.82 Å². The topological polar surface area (TPSA) is 84.5 Å². The van der Waals surface area contributed by atoms with Gasteiger partial charge >= 0.3 is 0 Å². The summed E-state index contributed by atoms with van der Waals surface area (Å²) in [6, 6.07) is 11.0. The van der Waals surface area contributed by atoms with Gasteiger partial charge in [0.2, 0.25) is 5.95 Å². The first-order chi connectivity index (χ1) is 14.5. The Morgan fingerprint density at radius 1 is 1.10 bits per heavy atom. The van der Waals surface area contributed by atoms with Crippen LogP contribution < -0.4 is 4.90 Å². The highest BCUT2D eigenvalue weighted by Crippen LogP contribution is 2.25. The number of para-hydroxylation sites is 1. The number of nitro groups is 1. The fourth-order valence-corrected chi connectivity index (χ4v) is 3.70. The van der Waals surface area contributed by atoms with E-state index in [0.717, 1.165) is 0 Å². The van der Waals surface area contributed by atoms with Crippen LogP contribution in [0, 0.1) is 22.9 Å². The summed E-state index contributed by atoms with van der Waals surface area (Å²) in [4.78, 5) is 31.7. The molecule has 1 aromatic heterocycles. The summed E-state index contributed by atoms with van der Waals surface area (Å²) in [6.07, 6.45) is 3.32. The maximum atomic E-state index is 14.2. The minimum absolute atomic E-state index is 0.0635. The highest BCUT2D eigenvalue weighted by Gasteiger charge is 2.27. The number of nitro benzene ring substituents is 1. The maximum Gasteiger partial charge on any atom is 0.273 e. The Morgan fingerprint density at radius 3 is 2.53 bits per heavy atom. The van der Waals surface area contributed by atoms with Gasteiger partial charge in [-0.1, -0.05) is 18.2 Å². The van der Waals surface area contributed by atoms with E-state index < -0.39 is 4.92 Å². The normalized spacial score (nSPS) is 14.1. The van der Waals surface area contributed by atoms with Crippen molar-refractivity contribution in [3.63, 3.8) is 0 Å². The molecule has 0 bridgehead atoms. The van der Waals surface area contributed by atoms with Crippen molar-refractivity contribution in [3.05, 3.63) is 81.9 Å². The second-order valence-corrected chi connectivity index (χ2v) is 7.03. The van der Waals surface area contributed by atoms with Crippen LogP contribution in [0.3, 0.4) is 0 Å². The Bertz CT molecular complexity index is 1110. The van der Waals surface area contributed by atoms with E-state index in [1.165, 1.54) is 18.2 Å². The number of anilines is 1. The predicted octanol–water partition coefficient (Wildman–Crippen LogP) is 3.19. The number of amides is 1. The van der Waals surface area contributed by atoms with Crippen LogP contribution in [0.25, 0.3) is 5.69 Å². The van der Waals surface area contributed by atoms with Crippen LogP contribution in [-0.4, -0.2) is 51.5 Å². The summed E-state index contributed by atoms with van der Waals surface area (Å²) in [5, 5.41) is 11.2. The van der Waals surface area contributed by atoms with E-state index in [9.17, 15) is 19.3 Å². The monoisotopic (exact) mass is 409 g/mol. The molecule has 4 rings (SSSR count). The molecule has 0 spiro atoms. The van der Waals surface area contributed by atoms with Gasteiger partial charge in [-0.2, -0.15) is 0 Å². The molecule has 1 saturated heterocycles. The molecule has 2 aromatic carbocycles. The van der Waals surface area contributed by atoms with Crippen LogP contribution >= 0.6 is 0 Å². The zero-order chi connectivity index (χ0) is 21.3. The summed E-state index contributed by atoms with van der Waals surface area (Å²) in [7, 11) is 0. The van der Waals surface area contributed by atoms with E-state index in [1.807, 2.05) is 4.90 Å². The standard InChI is InChI=1S/C21H20FN5O3/c1-15-16(5-4-8-18(15)27(29)30)20(28)24-11-13-25(14-12-24)21-23-9-10-26(21)19-7-3-2-6-17(19)22/h2-10H,11-14H2,1H3. The Balaban J connectivity index is 1.50. The Hall–Kier alpha value is -3.75. The molecule has 8 nitrogen and oxygen atoms in total. The molecule has 1 aliphatic heterocycles. The molecule has 0 saturated carbocycles. The third kappa shape index (κ3) is 3.49. The number of imidazole rings is 1. The average Bonchev–Trinajstić information content (AvgIpc) is 3.23. The van der Waals surface area contributed by atoms with Crippen molar-refractivity contribution in [1.29, 1.82) is 0 Å². The van der Waals surface area contributed by atoms with Crippen molar-refractivity contribution in [1.82, 2.24) is 14.5 Å². The first kappa shape index (κ1) is 19.6. The minimum Gasteiger partial charge on any atom is -0.338 e. The SMILES string of the molecule is Cc1c(C(=O)N2CCN(c3nccn3-c3ccccc3F)CC2)cccc1[N+](=O)[O-]. The quantitative estimate of drug-likeness (QED) is 0.488. The lowest BCUT2D eigenvalue weighted by Gasteiger charge is -2.35. The lowest BCUT2D eigenvalue weighted by molar-refractivity contribution is -0.385. The van der Waals surface area contributed by atoms with Crippen molar-refractivity contribution in [2.45, 2.75) is 6.92 Å². The van der Waals surface area contributed by atoms with Gasteiger partial charge in [0.25, 0.3) is 11.6 Å². The summed E-state index contributed by atoms with van der Waals surface area (Å²) >= 11 is 0. The molecule has 0 unspecified atom stereocenters. The zero-order valence-electron chi connectivity index (χ0n) is 16.4. The smallest absolute Gasteiger partial charge is 0.273 e. The van der Waals surface area contributed by atoms with E-state index in [4.69, 9.17) is 0 Å². The molecule has 0 N–H and O–H groups in total. The van der Waals surface area contributed by atoms with Crippen molar-refractivity contribution < 1.29 is 14.1 Å². The van der Waals surface area contributed by atoms with Crippen molar-refractivity contribution in [2.24, 2.45) is 0 Å². The molecular formula is C21H20FN5O3. The Morgan fingerprint density at radius 2 is 1.83 bits per heavy atom. The van der Waals surface area contributed by atoms with Crippen molar-refractivity contribution in [2.75, 3.05) is 31.1 Å². The lowest BCUT2D eigenvalue weighted by Crippen LogP contribution is -2.49. The van der Waals surface area contributed by atoms with Gasteiger partial charge in [-0.15, -0.1) is 0 Å². The summed E-state index contributed by atoms with van der Waals surface area (Å²) in [6.45, 7) is 3.50. The van der Waals surface area contributed by atoms with E-state index in [1.54, 1.807) is 53.0 Å². The fraction of sp³-hybridized carbons (Fsp3) is 0.238. The second-order valence-electron chi connectivity index (χ2n) is 7.03. The zero-order valence-corrected chi connectivity index (χ0v) is 16.4. The molecule has 30 heavy (non-hydrogen) atoms. The first-order valence-electron chi connectivity index (χ1n) is 9.54. The number of aromatic nitrogens is 2. The number of halogens is 1. The molecule has 0 atom stereocenters. The highest BCUT2D eigenvalue weighted by atomic mass is 19.1. The van der Waals surface area contributed by atoms with E-state index >= 15 is 0 Å². The number of hydrogen-bond acceptors (Lipinski definition) is 5. The van der Waals surface area contributed by atoms with Gasteiger partial charge in [-0.05, 0) is 25.1 Å². The Labute approximate surface area is 172 Å². The molecular weight excluding hydrogens is 389 g/mol. The number of carbonyl (C=O) groups is 1. The number of rotatable bonds is 4. The van der Waals surface area contributed by atoms with Gasteiger partial charge in [-0.25, -0.2) is 9.37 Å². The number of carbonyl (C=O) groups excluding carboxylic acids is 1. The molecule has 0 radical (unpaired) electrons. The molecule has 3 aromatic rings. The number of nitrogens with zero attached hydrogens (tertiary/aromatic N) is 5. The highest BCUT2D eigenvalue weighted by molar-refractivity contribution is 5.96. The Kier molecular flexibility index (Phi) is 5.18. The summed E-state index contributed by atoms with van der Waals surface area (Å²) in [5.74, 6) is 0.0405. The first-order valence-corrected chi connectivity index (χ1v) is 9.54. The van der Waals surface area contributed by atoms with Crippen LogP contribution in [0.5, 0.6) is 0 Å². The van der Waals surface area contributed by atoms with E-state index in [-0.39, 0.29) is 17.4 Å². The van der Waals surface area contributed by atoms with Crippen LogP contribution in [0.4, 0.5) is 16.0 Å². The van der Waals surface area contributed by atoms with E-state index in [2.05, 4.69) is 4.98 Å². The van der Waals surface area contributed by atoms with Gasteiger partial charge < -0.3 is 9.80 Å². The molecule has 154 valence electrons. The number of benzene rings is 2. The van der Waals surface area contributed by atoms with Crippen LogP contribution in [-0.2, 0) is 0 Å². The molecule has 9 heteroatoms. The second kappa shape index (κ2) is 7.94. The summed E-state index contributed by atoms with van der Waals surface area (Å²) < 4.78 is 15.9. The third-order valence-electron chi connectivity index (χ3n) is 5.32. The van der Waals surface area contributed by atoms with Crippen molar-refractivity contribution >= 4 is 17.5 Å². The summed E-state index contributed by atoms with van der Waals surface area (Å²) in [5.41, 5.74) is 1.05. The maximum absolute atomic E-state index is 14.2. The lowest BCUT2D eigenvalue weighted by atomic mass is 10.1. The van der Waals surface area contributed by atoms with Gasteiger partial charge in [0.05, 0.1) is 10.6 Å². The van der Waals surface area contributed by atoms with Gasteiger partial charge in [-0.3, -0.25) is 19.5 Å². The number of hydrogen-bond donors (Lipinski definition) is 0. The van der Waals surface area contributed by atoms with Crippen molar-refractivity contribution in [3.8, 4) is 5.69 Å². The predicted molar refractivity (Wildman–Crippen MR) is 109 cm³/mol. The molecule has 2 heterocycles. The fourth-order valence-electron chi connectivity index (χ4n) is 3.70. The molecule has 1 amide bonds. The van der Waals surface area contributed by atoms with Crippen LogP contribution in [0.2, 0.25) is 0 Å². The van der Waals surface area contributed by atoms with Gasteiger partial charge in [0.15, 0.2) is 0 Å². The third-order valence-corrected chi connectivity index (χ3v) is 5.32. The van der Waals surface area contributed by atoms with Gasteiger partial charge in [0, 0.05) is 55.8 Å². The molecule has 1 aliphatic rings. The number of piperazine rings is 1. The average molecular weight is 409 g/mol. The van der Waals surface area contributed by atoms with Crippen LogP contribution in [0.1, 0.15) is 15.9 Å². The van der Waals surface area contributed by atoms with Crippen LogP contribution in [0.15, 0.2) is 54.9 Å². The largest absolute Gasteiger partial charge is 0.338 e. The molecule has 1 fully saturated rings. The molecule has 0 aliphatic carbocycles.